The Labute approximate surface area is 128 Å². The second-order valence-electron chi connectivity index (χ2n) is 6.06. The molecule has 1 aromatic rings. The van der Waals surface area contributed by atoms with E-state index in [4.69, 9.17) is 0 Å². The second kappa shape index (κ2) is 7.60. The van der Waals surface area contributed by atoms with Crippen LogP contribution >= 0.6 is 0 Å². The number of Topliss-reactive ketones (excluding diaryl/α,β-unsaturated/α-hetero) is 1. The summed E-state index contributed by atoms with van der Waals surface area (Å²) in [4.78, 5) is 13.5. The van der Waals surface area contributed by atoms with Crippen molar-refractivity contribution in [2.45, 2.75) is 52.5 Å². The molecule has 1 aliphatic rings. The zero-order valence-electron chi connectivity index (χ0n) is 13.6. The highest BCUT2D eigenvalue weighted by atomic mass is 16.1. The molecule has 2 rings (SSSR count). The largest absolute Gasteiger partial charge is 0.382 e. The van der Waals surface area contributed by atoms with E-state index in [9.17, 15) is 4.79 Å². The lowest BCUT2D eigenvalue weighted by molar-refractivity contribution is -0.118. The Kier molecular flexibility index (Phi) is 5.80. The van der Waals surface area contributed by atoms with Crippen molar-refractivity contribution < 1.29 is 4.79 Å². The maximum absolute atomic E-state index is 11.2. The molecule has 3 heteroatoms. The third kappa shape index (κ3) is 4.31. The average Bonchev–Trinajstić information content (AvgIpc) is 2.49. The fraction of sp³-hybridized carbons (Fsp3) is 0.611. The number of likely N-dealkylation sites (tertiary alicyclic amines) is 1. The standard InChI is InChI=1S/C18H28N2O/c1-4-15-7-6-8-16(5-2)18(15)19-17-9-11-20(12-10-17)13-14(3)21/h6-8,17,19H,4-5,9-13H2,1-3H3. The first kappa shape index (κ1) is 16.0. The van der Waals surface area contributed by atoms with Crippen LogP contribution in [0.5, 0.6) is 0 Å². The van der Waals surface area contributed by atoms with Crippen LogP contribution in [0.25, 0.3) is 0 Å². The van der Waals surface area contributed by atoms with Gasteiger partial charge in [-0.3, -0.25) is 9.69 Å². The number of para-hydroxylation sites is 1. The van der Waals surface area contributed by atoms with Crippen molar-refractivity contribution >= 4 is 11.5 Å². The van der Waals surface area contributed by atoms with Crippen LogP contribution in [0, 0.1) is 0 Å². The Balaban J connectivity index is 1.99. The number of aryl methyl sites for hydroxylation is 2. The number of nitrogens with one attached hydrogen (secondary N) is 1. The highest BCUT2D eigenvalue weighted by Crippen LogP contribution is 2.25. The van der Waals surface area contributed by atoms with Gasteiger partial charge in [-0.2, -0.15) is 0 Å². The number of benzene rings is 1. The van der Waals surface area contributed by atoms with Gasteiger partial charge in [-0.1, -0.05) is 32.0 Å². The number of hydrogen-bond donors (Lipinski definition) is 1. The molecule has 116 valence electrons. The fourth-order valence-corrected chi connectivity index (χ4v) is 3.18. The molecule has 0 amide bonds. The molecule has 0 unspecified atom stereocenters. The third-order valence-electron chi connectivity index (χ3n) is 4.38. The number of nitrogens with zero attached hydrogens (tertiary/aromatic N) is 1. The van der Waals surface area contributed by atoms with Gasteiger partial charge < -0.3 is 5.32 Å². The summed E-state index contributed by atoms with van der Waals surface area (Å²) in [7, 11) is 0. The van der Waals surface area contributed by atoms with Gasteiger partial charge in [0, 0.05) is 24.8 Å². The zero-order valence-corrected chi connectivity index (χ0v) is 13.6. The predicted octanol–water partition coefficient (Wildman–Crippen LogP) is 3.28. The molecule has 1 saturated heterocycles. The first-order chi connectivity index (χ1) is 10.1. The number of piperidine rings is 1. The summed E-state index contributed by atoms with van der Waals surface area (Å²) >= 11 is 0. The molecule has 1 aromatic carbocycles. The number of anilines is 1. The molecule has 0 radical (unpaired) electrons. The topological polar surface area (TPSA) is 32.3 Å². The van der Waals surface area contributed by atoms with E-state index in [1.54, 1.807) is 6.92 Å². The minimum absolute atomic E-state index is 0.269. The number of ketones is 1. The molecule has 0 atom stereocenters. The smallest absolute Gasteiger partial charge is 0.143 e. The van der Waals surface area contributed by atoms with E-state index in [-0.39, 0.29) is 5.78 Å². The van der Waals surface area contributed by atoms with Crippen LogP contribution in [0.1, 0.15) is 44.7 Å². The summed E-state index contributed by atoms with van der Waals surface area (Å²) < 4.78 is 0. The van der Waals surface area contributed by atoms with Crippen molar-refractivity contribution in [3.05, 3.63) is 29.3 Å². The van der Waals surface area contributed by atoms with Crippen molar-refractivity contribution in [2.24, 2.45) is 0 Å². The molecule has 1 aliphatic heterocycles. The minimum Gasteiger partial charge on any atom is -0.382 e. The lowest BCUT2D eigenvalue weighted by atomic mass is 9.99. The molecular weight excluding hydrogens is 260 g/mol. The number of carbonyl (C=O) groups excluding carboxylic acids is 1. The Morgan fingerprint density at radius 2 is 1.76 bits per heavy atom. The molecular formula is C18H28N2O. The van der Waals surface area contributed by atoms with E-state index in [1.807, 2.05) is 0 Å². The Hall–Kier alpha value is -1.35. The summed E-state index contributed by atoms with van der Waals surface area (Å²) in [5.41, 5.74) is 4.19. The quantitative estimate of drug-likeness (QED) is 0.872. The van der Waals surface area contributed by atoms with Crippen LogP contribution in [0.4, 0.5) is 5.69 Å². The second-order valence-corrected chi connectivity index (χ2v) is 6.06. The Bertz CT molecular complexity index is 454. The summed E-state index contributed by atoms with van der Waals surface area (Å²) in [6.07, 6.45) is 4.38. The van der Waals surface area contributed by atoms with Crippen molar-refractivity contribution in [3.8, 4) is 0 Å². The summed E-state index contributed by atoms with van der Waals surface area (Å²) in [6.45, 7) is 8.76. The van der Waals surface area contributed by atoms with Gasteiger partial charge in [0.2, 0.25) is 0 Å². The van der Waals surface area contributed by atoms with Gasteiger partial charge in [-0.05, 0) is 43.7 Å². The highest BCUT2D eigenvalue weighted by Gasteiger charge is 2.21. The third-order valence-corrected chi connectivity index (χ3v) is 4.38. The normalized spacial score (nSPS) is 16.9. The van der Waals surface area contributed by atoms with Gasteiger partial charge in [-0.15, -0.1) is 0 Å². The first-order valence-electron chi connectivity index (χ1n) is 8.23. The maximum Gasteiger partial charge on any atom is 0.143 e. The van der Waals surface area contributed by atoms with Gasteiger partial charge >= 0.3 is 0 Å². The van der Waals surface area contributed by atoms with E-state index < -0.39 is 0 Å². The van der Waals surface area contributed by atoms with Crippen molar-refractivity contribution in [3.63, 3.8) is 0 Å². The van der Waals surface area contributed by atoms with Crippen LogP contribution in [0.15, 0.2) is 18.2 Å². The summed E-state index contributed by atoms with van der Waals surface area (Å²) in [5.74, 6) is 0.269. The fourth-order valence-electron chi connectivity index (χ4n) is 3.18. The zero-order chi connectivity index (χ0) is 15.2. The number of rotatable bonds is 6. The minimum atomic E-state index is 0.269. The number of hydrogen-bond acceptors (Lipinski definition) is 3. The van der Waals surface area contributed by atoms with Gasteiger partial charge in [0.1, 0.15) is 5.78 Å². The number of carbonyl (C=O) groups is 1. The molecule has 1 fully saturated rings. The van der Waals surface area contributed by atoms with E-state index in [0.717, 1.165) is 38.8 Å². The highest BCUT2D eigenvalue weighted by molar-refractivity contribution is 5.77. The van der Waals surface area contributed by atoms with Crippen LogP contribution in [-0.4, -0.2) is 36.4 Å². The molecule has 1 N–H and O–H groups in total. The van der Waals surface area contributed by atoms with Crippen molar-refractivity contribution in [1.82, 2.24) is 4.90 Å². The monoisotopic (exact) mass is 288 g/mol. The SMILES string of the molecule is CCc1cccc(CC)c1NC1CCN(CC(C)=O)CC1. The van der Waals surface area contributed by atoms with Crippen molar-refractivity contribution in [1.29, 1.82) is 0 Å². The van der Waals surface area contributed by atoms with Crippen LogP contribution in [0.2, 0.25) is 0 Å². The van der Waals surface area contributed by atoms with E-state index >= 15 is 0 Å². The lowest BCUT2D eigenvalue weighted by Crippen LogP contribution is -2.41. The van der Waals surface area contributed by atoms with E-state index in [1.165, 1.54) is 16.8 Å². The van der Waals surface area contributed by atoms with Crippen LogP contribution in [-0.2, 0) is 17.6 Å². The molecule has 0 bridgehead atoms. The molecule has 0 aromatic heterocycles. The van der Waals surface area contributed by atoms with Crippen LogP contribution in [0.3, 0.4) is 0 Å². The van der Waals surface area contributed by atoms with Gasteiger partial charge in [0.05, 0.1) is 6.54 Å². The van der Waals surface area contributed by atoms with Crippen LogP contribution < -0.4 is 5.32 Å². The molecule has 1 heterocycles. The predicted molar refractivity (Wildman–Crippen MR) is 89.0 cm³/mol. The van der Waals surface area contributed by atoms with Gasteiger partial charge in [0.25, 0.3) is 0 Å². The van der Waals surface area contributed by atoms with E-state index in [2.05, 4.69) is 42.3 Å². The summed E-state index contributed by atoms with van der Waals surface area (Å²) in [6, 6.07) is 7.16. The lowest BCUT2D eigenvalue weighted by Gasteiger charge is -2.33. The Morgan fingerprint density at radius 3 is 2.24 bits per heavy atom. The first-order valence-corrected chi connectivity index (χ1v) is 8.23. The molecule has 21 heavy (non-hydrogen) atoms. The van der Waals surface area contributed by atoms with Gasteiger partial charge in [0.15, 0.2) is 0 Å². The average molecular weight is 288 g/mol. The van der Waals surface area contributed by atoms with Crippen molar-refractivity contribution in [2.75, 3.05) is 25.0 Å². The molecule has 0 spiro atoms. The molecule has 0 aliphatic carbocycles. The molecule has 3 nitrogen and oxygen atoms in total. The van der Waals surface area contributed by atoms with E-state index in [0.29, 0.717) is 12.6 Å². The summed E-state index contributed by atoms with van der Waals surface area (Å²) in [5, 5.41) is 3.78. The maximum atomic E-state index is 11.2. The van der Waals surface area contributed by atoms with Gasteiger partial charge in [-0.25, -0.2) is 0 Å². The molecule has 0 saturated carbocycles. The Morgan fingerprint density at radius 1 is 1.19 bits per heavy atom.